The number of aryl methyl sites for hydroxylation is 2. The zero-order valence-corrected chi connectivity index (χ0v) is 24.2. The Kier molecular flexibility index (Phi) is 10.6. The van der Waals surface area contributed by atoms with Gasteiger partial charge in [0.1, 0.15) is 11.8 Å². The van der Waals surface area contributed by atoms with Crippen LogP contribution in [0, 0.1) is 20.8 Å². The van der Waals surface area contributed by atoms with E-state index in [9.17, 15) is 9.59 Å². The first-order valence-corrected chi connectivity index (χ1v) is 13.6. The zero-order chi connectivity index (χ0) is 27.8. The maximum absolute atomic E-state index is 13.8. The van der Waals surface area contributed by atoms with Gasteiger partial charge in [-0.15, -0.1) is 0 Å². The van der Waals surface area contributed by atoms with E-state index in [0.717, 1.165) is 34.2 Å². The average Bonchev–Trinajstić information content (AvgIpc) is 2.89. The SMILES string of the molecule is CC[C@H](C)NC(=O)[C@@H](Cc1ccccc1)N(Cc1ccc(Cl)c(Cl)c1)C(=O)COc1cc(C)cc(C)c1C. The third-order valence-electron chi connectivity index (χ3n) is 6.72. The van der Waals surface area contributed by atoms with Gasteiger partial charge in [0.2, 0.25) is 5.91 Å². The fourth-order valence-electron chi connectivity index (χ4n) is 4.20. The second kappa shape index (κ2) is 13.7. The van der Waals surface area contributed by atoms with Crippen molar-refractivity contribution in [3.05, 3.63) is 98.5 Å². The Labute approximate surface area is 236 Å². The van der Waals surface area contributed by atoms with E-state index < -0.39 is 6.04 Å². The molecule has 0 aliphatic carbocycles. The summed E-state index contributed by atoms with van der Waals surface area (Å²) in [6.07, 6.45) is 1.14. The number of halogens is 2. The molecule has 0 unspecified atom stereocenters. The highest BCUT2D eigenvalue weighted by atomic mass is 35.5. The lowest BCUT2D eigenvalue weighted by Gasteiger charge is -2.32. The molecule has 7 heteroatoms. The van der Waals surface area contributed by atoms with Crippen molar-refractivity contribution in [1.29, 1.82) is 0 Å². The molecular formula is C31H36Cl2N2O3. The lowest BCUT2D eigenvalue weighted by atomic mass is 10.0. The molecular weight excluding hydrogens is 519 g/mol. The van der Waals surface area contributed by atoms with Crippen LogP contribution >= 0.6 is 23.2 Å². The van der Waals surface area contributed by atoms with Crippen molar-refractivity contribution in [2.24, 2.45) is 0 Å². The largest absolute Gasteiger partial charge is 0.483 e. The summed E-state index contributed by atoms with van der Waals surface area (Å²) >= 11 is 12.4. The quantitative estimate of drug-likeness (QED) is 0.282. The molecule has 2 atom stereocenters. The highest BCUT2D eigenvalue weighted by molar-refractivity contribution is 6.42. The van der Waals surface area contributed by atoms with Crippen LogP contribution in [0.25, 0.3) is 0 Å². The molecule has 0 aliphatic rings. The van der Waals surface area contributed by atoms with Crippen molar-refractivity contribution in [2.75, 3.05) is 6.61 Å². The van der Waals surface area contributed by atoms with Gasteiger partial charge in [0.05, 0.1) is 10.0 Å². The van der Waals surface area contributed by atoms with E-state index in [2.05, 4.69) is 11.4 Å². The van der Waals surface area contributed by atoms with Gasteiger partial charge in [-0.3, -0.25) is 9.59 Å². The minimum atomic E-state index is -0.753. The molecule has 0 saturated heterocycles. The monoisotopic (exact) mass is 554 g/mol. The predicted octanol–water partition coefficient (Wildman–Crippen LogP) is 6.85. The molecule has 0 aromatic heterocycles. The second-order valence-electron chi connectivity index (χ2n) is 9.79. The van der Waals surface area contributed by atoms with Crippen LogP contribution in [-0.4, -0.2) is 35.4 Å². The number of rotatable bonds is 11. The van der Waals surface area contributed by atoms with Crippen molar-refractivity contribution < 1.29 is 14.3 Å². The van der Waals surface area contributed by atoms with Crippen molar-refractivity contribution in [2.45, 2.75) is 66.1 Å². The number of hydrogen-bond acceptors (Lipinski definition) is 3. The number of nitrogens with one attached hydrogen (secondary N) is 1. The maximum Gasteiger partial charge on any atom is 0.261 e. The number of benzene rings is 3. The van der Waals surface area contributed by atoms with Crippen LogP contribution in [0.5, 0.6) is 5.75 Å². The summed E-state index contributed by atoms with van der Waals surface area (Å²) in [5, 5.41) is 3.89. The molecule has 0 bridgehead atoms. The fourth-order valence-corrected chi connectivity index (χ4v) is 4.52. The van der Waals surface area contributed by atoms with Crippen LogP contribution in [-0.2, 0) is 22.6 Å². The van der Waals surface area contributed by atoms with Gasteiger partial charge in [-0.2, -0.15) is 0 Å². The predicted molar refractivity (Wildman–Crippen MR) is 155 cm³/mol. The van der Waals surface area contributed by atoms with E-state index in [-0.39, 0.29) is 31.0 Å². The molecule has 0 aliphatic heterocycles. The van der Waals surface area contributed by atoms with Crippen LogP contribution in [0.4, 0.5) is 0 Å². The number of carbonyl (C=O) groups excluding carboxylic acids is 2. The van der Waals surface area contributed by atoms with E-state index in [1.807, 2.05) is 77.1 Å². The van der Waals surface area contributed by atoms with Crippen LogP contribution in [0.15, 0.2) is 60.7 Å². The molecule has 5 nitrogen and oxygen atoms in total. The summed E-state index contributed by atoms with van der Waals surface area (Å²) in [5.41, 5.74) is 4.85. The molecule has 3 rings (SSSR count). The third-order valence-corrected chi connectivity index (χ3v) is 7.46. The smallest absolute Gasteiger partial charge is 0.261 e. The Morgan fingerprint density at radius 3 is 2.32 bits per heavy atom. The molecule has 0 radical (unpaired) electrons. The summed E-state index contributed by atoms with van der Waals surface area (Å²) in [6, 6.07) is 18.2. The first kappa shape index (κ1) is 29.5. The average molecular weight is 556 g/mol. The minimum Gasteiger partial charge on any atom is -0.483 e. The Morgan fingerprint density at radius 2 is 1.66 bits per heavy atom. The van der Waals surface area contributed by atoms with Gasteiger partial charge < -0.3 is 15.0 Å². The minimum absolute atomic E-state index is 0.0307. The molecule has 0 saturated carbocycles. The van der Waals surface area contributed by atoms with Crippen LogP contribution in [0.2, 0.25) is 10.0 Å². The van der Waals surface area contributed by atoms with Crippen LogP contribution < -0.4 is 10.1 Å². The highest BCUT2D eigenvalue weighted by Crippen LogP contribution is 2.26. The van der Waals surface area contributed by atoms with Crippen molar-refractivity contribution >= 4 is 35.0 Å². The Hall–Kier alpha value is -3.02. The summed E-state index contributed by atoms with van der Waals surface area (Å²) in [6.45, 7) is 9.92. The normalized spacial score (nSPS) is 12.5. The number of amides is 2. The first-order valence-electron chi connectivity index (χ1n) is 12.9. The third kappa shape index (κ3) is 7.99. The highest BCUT2D eigenvalue weighted by Gasteiger charge is 2.31. The molecule has 0 spiro atoms. The van der Waals surface area contributed by atoms with Crippen molar-refractivity contribution in [1.82, 2.24) is 10.2 Å². The van der Waals surface area contributed by atoms with E-state index in [0.29, 0.717) is 22.2 Å². The number of hydrogen-bond donors (Lipinski definition) is 1. The van der Waals surface area contributed by atoms with E-state index >= 15 is 0 Å². The van der Waals surface area contributed by atoms with E-state index in [1.54, 1.807) is 17.0 Å². The maximum atomic E-state index is 13.8. The Balaban J connectivity index is 1.97. The zero-order valence-electron chi connectivity index (χ0n) is 22.7. The van der Waals surface area contributed by atoms with Gasteiger partial charge in [-0.1, -0.05) is 72.6 Å². The standard InChI is InChI=1S/C31H36Cl2N2O3/c1-6-22(4)34-31(37)28(17-24-10-8-7-9-11-24)35(18-25-12-13-26(32)27(33)16-25)30(36)19-38-29-15-20(2)14-21(3)23(29)5/h7-16,22,28H,6,17-19H2,1-5H3,(H,34,37)/t22-,28+/m0/s1. The van der Waals surface area contributed by atoms with Gasteiger partial charge in [-0.05, 0) is 80.1 Å². The van der Waals surface area contributed by atoms with Gasteiger partial charge in [0, 0.05) is 19.0 Å². The molecule has 202 valence electrons. The Bertz CT molecular complexity index is 1260. The molecule has 1 N–H and O–H groups in total. The van der Waals surface area contributed by atoms with Gasteiger partial charge >= 0.3 is 0 Å². The summed E-state index contributed by atoms with van der Waals surface area (Å²) < 4.78 is 6.03. The molecule has 0 fully saturated rings. The number of carbonyl (C=O) groups is 2. The van der Waals surface area contributed by atoms with Crippen LogP contribution in [0.3, 0.4) is 0 Å². The summed E-state index contributed by atoms with van der Waals surface area (Å²) in [7, 11) is 0. The summed E-state index contributed by atoms with van der Waals surface area (Å²) in [4.78, 5) is 29.0. The first-order chi connectivity index (χ1) is 18.1. The lowest BCUT2D eigenvalue weighted by Crippen LogP contribution is -2.53. The Morgan fingerprint density at radius 1 is 0.947 bits per heavy atom. The van der Waals surface area contributed by atoms with Gasteiger partial charge in [-0.25, -0.2) is 0 Å². The second-order valence-corrected chi connectivity index (χ2v) is 10.6. The van der Waals surface area contributed by atoms with Gasteiger partial charge in [0.15, 0.2) is 6.61 Å². The van der Waals surface area contributed by atoms with Crippen molar-refractivity contribution in [3.63, 3.8) is 0 Å². The fraction of sp³-hybridized carbons (Fsp3) is 0.355. The van der Waals surface area contributed by atoms with Crippen LogP contribution in [0.1, 0.15) is 48.1 Å². The van der Waals surface area contributed by atoms with E-state index in [1.165, 1.54) is 0 Å². The van der Waals surface area contributed by atoms with Crippen molar-refractivity contribution in [3.8, 4) is 5.75 Å². The number of ether oxygens (including phenoxy) is 1. The molecule has 0 heterocycles. The van der Waals surface area contributed by atoms with Gasteiger partial charge in [0.25, 0.3) is 5.91 Å². The molecule has 3 aromatic carbocycles. The summed E-state index contributed by atoms with van der Waals surface area (Å²) in [5.74, 6) is 0.156. The molecule has 38 heavy (non-hydrogen) atoms. The lowest BCUT2D eigenvalue weighted by molar-refractivity contribution is -0.143. The number of nitrogens with zero attached hydrogens (tertiary/aromatic N) is 1. The topological polar surface area (TPSA) is 58.6 Å². The molecule has 2 amide bonds. The van der Waals surface area contributed by atoms with E-state index in [4.69, 9.17) is 27.9 Å². The molecule has 3 aromatic rings.